The molecule has 4 rings (SSSR count). The second-order valence-corrected chi connectivity index (χ2v) is 7.13. The largest absolute Gasteiger partial charge is 0.465 e. The van der Waals surface area contributed by atoms with Gasteiger partial charge in [0.25, 0.3) is 0 Å². The number of rotatable bonds is 5. The summed E-state index contributed by atoms with van der Waals surface area (Å²) in [6.07, 6.45) is -1.89. The lowest BCUT2D eigenvalue weighted by Crippen LogP contribution is -2.62. The number of anilines is 1. The number of piperazine rings is 1. The highest BCUT2D eigenvalue weighted by Gasteiger charge is 2.27. The Labute approximate surface area is 178 Å². The molecule has 0 spiro atoms. The van der Waals surface area contributed by atoms with Gasteiger partial charge in [-0.2, -0.15) is 0 Å². The van der Waals surface area contributed by atoms with Crippen molar-refractivity contribution in [2.75, 3.05) is 31.1 Å². The maximum absolute atomic E-state index is 11.0. The zero-order chi connectivity index (χ0) is 21.8. The lowest BCUT2D eigenvalue weighted by atomic mass is 10.1. The van der Waals surface area contributed by atoms with Crippen molar-refractivity contribution in [3.63, 3.8) is 0 Å². The van der Waals surface area contributed by atoms with Crippen molar-refractivity contribution in [3.05, 3.63) is 54.7 Å². The van der Waals surface area contributed by atoms with E-state index in [2.05, 4.69) is 39.9 Å². The van der Waals surface area contributed by atoms with Gasteiger partial charge in [0.2, 0.25) is 5.95 Å². The lowest BCUT2D eigenvalue weighted by molar-refractivity contribution is 0.108. The summed E-state index contributed by atoms with van der Waals surface area (Å²) < 4.78 is 0. The van der Waals surface area contributed by atoms with Crippen LogP contribution in [-0.4, -0.2) is 69.7 Å². The number of carboxylic acid groups (broad SMARTS) is 2. The molecule has 10 heteroatoms. The van der Waals surface area contributed by atoms with Crippen LogP contribution in [0.2, 0.25) is 0 Å². The van der Waals surface area contributed by atoms with E-state index < -0.39 is 18.5 Å². The summed E-state index contributed by atoms with van der Waals surface area (Å²) in [4.78, 5) is 34.8. The van der Waals surface area contributed by atoms with Crippen LogP contribution in [0.5, 0.6) is 0 Å². The number of nitrogens with one attached hydrogen (secondary N) is 2. The van der Waals surface area contributed by atoms with E-state index in [0.29, 0.717) is 32.1 Å². The first-order valence-corrected chi connectivity index (χ1v) is 9.80. The molecule has 160 valence electrons. The van der Waals surface area contributed by atoms with Gasteiger partial charge in [0.1, 0.15) is 0 Å². The Morgan fingerprint density at radius 1 is 0.903 bits per heavy atom. The summed E-state index contributed by atoms with van der Waals surface area (Å²) in [5.41, 5.74) is 1.81. The summed E-state index contributed by atoms with van der Waals surface area (Å²) in [5.74, 6) is 0.583. The molecule has 2 heterocycles. The minimum absolute atomic E-state index is 0.439. The van der Waals surface area contributed by atoms with E-state index in [4.69, 9.17) is 15.2 Å². The number of benzene rings is 2. The van der Waals surface area contributed by atoms with Crippen molar-refractivity contribution in [2.45, 2.75) is 6.29 Å². The van der Waals surface area contributed by atoms with Crippen LogP contribution in [0.15, 0.2) is 54.7 Å². The van der Waals surface area contributed by atoms with Crippen LogP contribution in [-0.2, 0) is 0 Å². The Bertz CT molecular complexity index is 1080. The van der Waals surface area contributed by atoms with Crippen molar-refractivity contribution < 1.29 is 19.8 Å². The fraction of sp³-hybridized carbons (Fsp3) is 0.238. The Balaban J connectivity index is 1.47. The molecule has 4 N–H and O–H groups in total. The molecule has 3 aromatic rings. The second-order valence-electron chi connectivity index (χ2n) is 7.13. The maximum Gasteiger partial charge on any atom is 0.407 e. The number of nitrogens with zero attached hydrogens (tertiary/aromatic N) is 4. The van der Waals surface area contributed by atoms with E-state index in [1.54, 1.807) is 11.1 Å². The molecule has 1 saturated heterocycles. The molecule has 1 fully saturated rings. The van der Waals surface area contributed by atoms with Crippen LogP contribution in [0.4, 0.5) is 15.5 Å². The molecule has 2 amide bonds. The third kappa shape index (κ3) is 4.81. The summed E-state index contributed by atoms with van der Waals surface area (Å²) in [5, 5.41) is 24.6. The van der Waals surface area contributed by atoms with Crippen LogP contribution in [0, 0.1) is 0 Å². The van der Waals surface area contributed by atoms with Crippen molar-refractivity contribution in [2.24, 2.45) is 0 Å². The zero-order valence-electron chi connectivity index (χ0n) is 16.6. The number of fused-ring (bicyclic) bond motifs is 1. The summed E-state index contributed by atoms with van der Waals surface area (Å²) in [7, 11) is 0. The van der Waals surface area contributed by atoms with Crippen LogP contribution in [0.25, 0.3) is 22.0 Å². The first kappa shape index (κ1) is 20.4. The molecule has 0 bridgehead atoms. The normalized spacial score (nSPS) is 14.5. The number of hydrogen-bond acceptors (Lipinski definition) is 6. The molecular weight excluding hydrogens is 400 g/mol. The molecule has 0 aliphatic carbocycles. The molecule has 0 saturated carbocycles. The molecule has 2 aromatic carbocycles. The van der Waals surface area contributed by atoms with Crippen LogP contribution >= 0.6 is 0 Å². The van der Waals surface area contributed by atoms with E-state index >= 15 is 0 Å². The van der Waals surface area contributed by atoms with Gasteiger partial charge in [-0.15, -0.1) is 0 Å². The Morgan fingerprint density at radius 3 is 2.26 bits per heavy atom. The van der Waals surface area contributed by atoms with E-state index in [1.807, 2.05) is 29.2 Å². The van der Waals surface area contributed by atoms with Gasteiger partial charge in [0.15, 0.2) is 6.29 Å². The van der Waals surface area contributed by atoms with Gasteiger partial charge in [0, 0.05) is 37.9 Å². The average molecular weight is 422 g/mol. The molecular formula is C21H22N6O4. The van der Waals surface area contributed by atoms with E-state index in [1.165, 1.54) is 0 Å². The van der Waals surface area contributed by atoms with Crippen molar-refractivity contribution in [1.82, 2.24) is 25.5 Å². The fourth-order valence-corrected chi connectivity index (χ4v) is 3.64. The first-order valence-electron chi connectivity index (χ1n) is 9.80. The fourth-order valence-electron chi connectivity index (χ4n) is 3.64. The SMILES string of the molecule is O=C(O)NC(NC(=O)O)N1CCN(c2nccc(-c3ccc4ccccc4c3)n2)CC1. The van der Waals surface area contributed by atoms with Crippen molar-refractivity contribution >= 4 is 28.9 Å². The smallest absolute Gasteiger partial charge is 0.407 e. The third-order valence-corrected chi connectivity index (χ3v) is 5.17. The van der Waals surface area contributed by atoms with Crippen molar-refractivity contribution in [1.29, 1.82) is 0 Å². The number of amides is 2. The predicted molar refractivity (Wildman–Crippen MR) is 115 cm³/mol. The maximum atomic E-state index is 11.0. The van der Waals surface area contributed by atoms with Gasteiger partial charge in [-0.1, -0.05) is 36.4 Å². The highest BCUT2D eigenvalue weighted by Crippen LogP contribution is 2.24. The third-order valence-electron chi connectivity index (χ3n) is 5.17. The molecule has 1 aliphatic heterocycles. The number of aromatic nitrogens is 2. The van der Waals surface area contributed by atoms with Gasteiger partial charge in [-0.3, -0.25) is 15.5 Å². The van der Waals surface area contributed by atoms with Gasteiger partial charge < -0.3 is 15.1 Å². The molecule has 0 radical (unpaired) electrons. The molecule has 10 nitrogen and oxygen atoms in total. The summed E-state index contributed by atoms with van der Waals surface area (Å²) in [6, 6.07) is 16.2. The Morgan fingerprint density at radius 2 is 1.58 bits per heavy atom. The molecule has 0 unspecified atom stereocenters. The lowest BCUT2D eigenvalue weighted by Gasteiger charge is -2.38. The Hall–Kier alpha value is -3.92. The monoisotopic (exact) mass is 422 g/mol. The first-order chi connectivity index (χ1) is 15.0. The highest BCUT2D eigenvalue weighted by atomic mass is 16.4. The average Bonchev–Trinajstić information content (AvgIpc) is 2.78. The highest BCUT2D eigenvalue weighted by molar-refractivity contribution is 5.86. The van der Waals surface area contributed by atoms with E-state index in [-0.39, 0.29) is 0 Å². The van der Waals surface area contributed by atoms with E-state index in [0.717, 1.165) is 22.0 Å². The van der Waals surface area contributed by atoms with Gasteiger partial charge >= 0.3 is 12.2 Å². The minimum Gasteiger partial charge on any atom is -0.465 e. The number of hydrogen-bond donors (Lipinski definition) is 4. The van der Waals surface area contributed by atoms with Crippen LogP contribution in [0.1, 0.15) is 0 Å². The summed E-state index contributed by atoms with van der Waals surface area (Å²) in [6.45, 7) is 1.93. The standard InChI is InChI=1S/C21H22N6O4/c28-20(29)24-19(25-21(30)31)27-11-9-26(10-12-27)18-22-8-7-17(23-18)16-6-5-14-3-1-2-4-15(14)13-16/h1-8,13,19,24-25H,9-12H2,(H,28,29)(H,30,31). The second kappa shape index (κ2) is 8.84. The van der Waals surface area contributed by atoms with Gasteiger partial charge in [-0.05, 0) is 22.9 Å². The topological polar surface area (TPSA) is 131 Å². The predicted octanol–water partition coefficient (Wildman–Crippen LogP) is 2.24. The molecule has 1 aliphatic rings. The van der Waals surface area contributed by atoms with E-state index in [9.17, 15) is 9.59 Å². The molecule has 1 aromatic heterocycles. The molecule has 0 atom stereocenters. The molecule has 31 heavy (non-hydrogen) atoms. The Kier molecular flexibility index (Phi) is 5.80. The minimum atomic E-state index is -1.30. The summed E-state index contributed by atoms with van der Waals surface area (Å²) >= 11 is 0. The van der Waals surface area contributed by atoms with Crippen LogP contribution in [0.3, 0.4) is 0 Å². The number of carbonyl (C=O) groups is 2. The van der Waals surface area contributed by atoms with Crippen LogP contribution < -0.4 is 15.5 Å². The zero-order valence-corrected chi connectivity index (χ0v) is 16.6. The van der Waals surface area contributed by atoms with Gasteiger partial charge in [0.05, 0.1) is 5.69 Å². The van der Waals surface area contributed by atoms with Crippen molar-refractivity contribution in [3.8, 4) is 11.3 Å². The van der Waals surface area contributed by atoms with Gasteiger partial charge in [-0.25, -0.2) is 19.6 Å². The quantitative estimate of drug-likeness (QED) is 0.461.